The van der Waals surface area contributed by atoms with E-state index in [0.29, 0.717) is 61.6 Å². The van der Waals surface area contributed by atoms with E-state index in [4.69, 9.17) is 9.47 Å². The zero-order valence-electron chi connectivity index (χ0n) is 19.4. The number of benzene rings is 2. The minimum absolute atomic E-state index is 0.0773. The number of amides is 3. The summed E-state index contributed by atoms with van der Waals surface area (Å²) in [7, 11) is 0. The van der Waals surface area contributed by atoms with Gasteiger partial charge in [0.05, 0.1) is 0 Å². The molecule has 3 aliphatic rings. The van der Waals surface area contributed by atoms with Gasteiger partial charge in [-0.05, 0) is 68.0 Å². The molecule has 1 unspecified atom stereocenters. The quantitative estimate of drug-likeness (QED) is 0.710. The third kappa shape index (κ3) is 4.94. The highest BCUT2D eigenvalue weighted by Gasteiger charge is 2.37. The third-order valence-corrected chi connectivity index (χ3v) is 6.97. The topological polar surface area (TPSA) is 88.2 Å². The number of halogens is 1. The average molecular weight is 482 g/mol. The summed E-state index contributed by atoms with van der Waals surface area (Å²) >= 11 is 0. The van der Waals surface area contributed by atoms with Crippen molar-refractivity contribution in [2.45, 2.75) is 31.7 Å². The first-order chi connectivity index (χ1) is 17.0. The lowest BCUT2D eigenvalue weighted by atomic mass is 9.88. The SMILES string of the molecule is O=C(NC(C(=O)N1CCCC1)C1CCN(C(=O)c2cccc(F)c2)CC1)c1ccc2c(c1)OCO2. The monoisotopic (exact) mass is 481 g/mol. The van der Waals surface area contributed by atoms with Crippen molar-refractivity contribution in [3.05, 3.63) is 59.4 Å². The molecule has 3 amide bonds. The Labute approximate surface area is 203 Å². The number of carbonyl (C=O) groups excluding carboxylic acids is 3. The summed E-state index contributed by atoms with van der Waals surface area (Å²) in [6, 6.07) is 9.94. The molecule has 0 bridgehead atoms. The molecule has 3 aliphatic heterocycles. The highest BCUT2D eigenvalue weighted by molar-refractivity contribution is 5.98. The molecule has 0 saturated carbocycles. The van der Waals surface area contributed by atoms with Gasteiger partial charge >= 0.3 is 0 Å². The fourth-order valence-electron chi connectivity index (χ4n) is 5.02. The van der Waals surface area contributed by atoms with Gasteiger partial charge in [-0.2, -0.15) is 0 Å². The molecule has 0 radical (unpaired) electrons. The van der Waals surface area contributed by atoms with Gasteiger partial charge in [0, 0.05) is 37.3 Å². The minimum atomic E-state index is -0.683. The van der Waals surface area contributed by atoms with Crippen LogP contribution in [0.1, 0.15) is 46.4 Å². The molecular weight excluding hydrogens is 453 g/mol. The van der Waals surface area contributed by atoms with Crippen LogP contribution in [0.2, 0.25) is 0 Å². The molecule has 1 atom stereocenters. The lowest BCUT2D eigenvalue weighted by molar-refractivity contribution is -0.134. The summed E-state index contributed by atoms with van der Waals surface area (Å²) in [5.74, 6) is -0.128. The predicted molar refractivity (Wildman–Crippen MR) is 125 cm³/mol. The molecule has 0 aromatic heterocycles. The molecule has 2 aromatic carbocycles. The van der Waals surface area contributed by atoms with E-state index in [-0.39, 0.29) is 30.4 Å². The summed E-state index contributed by atoms with van der Waals surface area (Å²) in [6.45, 7) is 2.36. The summed E-state index contributed by atoms with van der Waals surface area (Å²) in [6.07, 6.45) is 3.03. The maximum Gasteiger partial charge on any atom is 0.253 e. The van der Waals surface area contributed by atoms with Crippen molar-refractivity contribution in [1.82, 2.24) is 15.1 Å². The van der Waals surface area contributed by atoms with Gasteiger partial charge in [-0.1, -0.05) is 6.07 Å². The van der Waals surface area contributed by atoms with Crippen LogP contribution in [0.5, 0.6) is 11.5 Å². The van der Waals surface area contributed by atoms with E-state index >= 15 is 0 Å². The summed E-state index contributed by atoms with van der Waals surface area (Å²) in [4.78, 5) is 42.9. The van der Waals surface area contributed by atoms with Crippen molar-refractivity contribution >= 4 is 17.7 Å². The molecular formula is C26H28FN3O5. The largest absolute Gasteiger partial charge is 0.454 e. The first-order valence-electron chi connectivity index (χ1n) is 12.0. The number of nitrogens with zero attached hydrogens (tertiary/aromatic N) is 2. The predicted octanol–water partition coefficient (Wildman–Crippen LogP) is 2.83. The van der Waals surface area contributed by atoms with Crippen molar-refractivity contribution < 1.29 is 28.2 Å². The Bertz CT molecular complexity index is 1130. The molecule has 8 nitrogen and oxygen atoms in total. The number of hydrogen-bond acceptors (Lipinski definition) is 5. The number of hydrogen-bond donors (Lipinski definition) is 1. The highest BCUT2D eigenvalue weighted by atomic mass is 19.1. The fourth-order valence-corrected chi connectivity index (χ4v) is 5.02. The standard InChI is InChI=1S/C26H28FN3O5/c27-20-5-3-4-19(14-20)25(32)30-12-8-17(9-13-30)23(26(33)29-10-1-2-11-29)28-24(31)18-6-7-21-22(15-18)35-16-34-21/h3-7,14-15,17,23H,1-2,8-13,16H2,(H,28,31). The Morgan fingerprint density at radius 1 is 0.886 bits per heavy atom. The number of ether oxygens (including phenoxy) is 2. The molecule has 184 valence electrons. The summed E-state index contributed by atoms with van der Waals surface area (Å²) < 4.78 is 24.3. The number of piperidine rings is 1. The van der Waals surface area contributed by atoms with Gasteiger partial charge in [-0.15, -0.1) is 0 Å². The van der Waals surface area contributed by atoms with Crippen LogP contribution in [-0.2, 0) is 4.79 Å². The number of carbonyl (C=O) groups is 3. The van der Waals surface area contributed by atoms with E-state index in [0.717, 1.165) is 12.8 Å². The molecule has 1 N–H and O–H groups in total. The number of likely N-dealkylation sites (tertiary alicyclic amines) is 2. The molecule has 5 rings (SSSR count). The first-order valence-corrected chi connectivity index (χ1v) is 12.0. The van der Waals surface area contributed by atoms with Crippen molar-refractivity contribution in [2.75, 3.05) is 33.0 Å². The minimum Gasteiger partial charge on any atom is -0.454 e. The Morgan fingerprint density at radius 2 is 1.63 bits per heavy atom. The Hall–Kier alpha value is -3.62. The van der Waals surface area contributed by atoms with Gasteiger partial charge < -0.3 is 24.6 Å². The second-order valence-corrected chi connectivity index (χ2v) is 9.19. The van der Waals surface area contributed by atoms with Gasteiger partial charge in [0.2, 0.25) is 12.7 Å². The Kier molecular flexibility index (Phi) is 6.57. The number of nitrogens with one attached hydrogen (secondary N) is 1. The molecule has 2 aromatic rings. The van der Waals surface area contributed by atoms with Crippen molar-refractivity contribution in [3.63, 3.8) is 0 Å². The van der Waals surface area contributed by atoms with Crippen LogP contribution in [0, 0.1) is 11.7 Å². The molecule has 2 saturated heterocycles. The van der Waals surface area contributed by atoms with Crippen LogP contribution < -0.4 is 14.8 Å². The first kappa shape index (κ1) is 23.1. The molecule has 2 fully saturated rings. The normalized spacial score (nSPS) is 18.4. The van der Waals surface area contributed by atoms with E-state index in [9.17, 15) is 18.8 Å². The Balaban J connectivity index is 1.29. The van der Waals surface area contributed by atoms with Gasteiger partial charge in [0.25, 0.3) is 11.8 Å². The maximum absolute atomic E-state index is 13.6. The van der Waals surface area contributed by atoms with Crippen LogP contribution >= 0.6 is 0 Å². The van der Waals surface area contributed by atoms with Gasteiger partial charge in [0.15, 0.2) is 11.5 Å². The summed E-state index contributed by atoms with van der Waals surface area (Å²) in [5, 5.41) is 2.97. The van der Waals surface area contributed by atoms with Crippen LogP contribution in [-0.4, -0.2) is 66.5 Å². The average Bonchev–Trinajstić information content (AvgIpc) is 3.58. The zero-order chi connectivity index (χ0) is 24.4. The molecule has 3 heterocycles. The Morgan fingerprint density at radius 3 is 2.37 bits per heavy atom. The van der Waals surface area contributed by atoms with Crippen LogP contribution in [0.25, 0.3) is 0 Å². The lowest BCUT2D eigenvalue weighted by Crippen LogP contribution is -2.54. The van der Waals surface area contributed by atoms with E-state index in [2.05, 4.69) is 5.32 Å². The van der Waals surface area contributed by atoms with Crippen LogP contribution in [0.15, 0.2) is 42.5 Å². The molecule has 0 aliphatic carbocycles. The van der Waals surface area contributed by atoms with Gasteiger partial charge in [-0.3, -0.25) is 14.4 Å². The lowest BCUT2D eigenvalue weighted by Gasteiger charge is -2.37. The zero-order valence-corrected chi connectivity index (χ0v) is 19.4. The van der Waals surface area contributed by atoms with Crippen LogP contribution in [0.4, 0.5) is 4.39 Å². The second kappa shape index (κ2) is 9.93. The van der Waals surface area contributed by atoms with E-state index in [1.165, 1.54) is 18.2 Å². The van der Waals surface area contributed by atoms with Crippen molar-refractivity contribution in [1.29, 1.82) is 0 Å². The fraction of sp³-hybridized carbons (Fsp3) is 0.423. The summed E-state index contributed by atoms with van der Waals surface area (Å²) in [5.41, 5.74) is 0.705. The molecule has 35 heavy (non-hydrogen) atoms. The second-order valence-electron chi connectivity index (χ2n) is 9.19. The van der Waals surface area contributed by atoms with E-state index in [1.54, 1.807) is 29.2 Å². The van der Waals surface area contributed by atoms with Crippen molar-refractivity contribution in [2.24, 2.45) is 5.92 Å². The smallest absolute Gasteiger partial charge is 0.253 e. The van der Waals surface area contributed by atoms with Gasteiger partial charge in [-0.25, -0.2) is 4.39 Å². The maximum atomic E-state index is 13.6. The van der Waals surface area contributed by atoms with Crippen LogP contribution in [0.3, 0.4) is 0 Å². The van der Waals surface area contributed by atoms with Gasteiger partial charge in [0.1, 0.15) is 11.9 Å². The molecule has 9 heteroatoms. The number of fused-ring (bicyclic) bond motifs is 1. The highest BCUT2D eigenvalue weighted by Crippen LogP contribution is 2.33. The number of rotatable bonds is 5. The third-order valence-electron chi connectivity index (χ3n) is 6.97. The van der Waals surface area contributed by atoms with E-state index in [1.807, 2.05) is 4.90 Å². The molecule has 0 spiro atoms. The van der Waals surface area contributed by atoms with E-state index < -0.39 is 11.9 Å². The van der Waals surface area contributed by atoms with Crippen molar-refractivity contribution in [3.8, 4) is 11.5 Å².